The summed E-state index contributed by atoms with van der Waals surface area (Å²) in [5.41, 5.74) is 0. The third kappa shape index (κ3) is 1.34. The fourth-order valence-electron chi connectivity index (χ4n) is 0.777. The average Bonchev–Trinajstić information content (AvgIpc) is 2.14. The summed E-state index contributed by atoms with van der Waals surface area (Å²) >= 11 is 0. The number of amides is 1. The highest BCUT2D eigenvalue weighted by atomic mass is 16.6. The standard InChI is InChI=1S/C6H11NO2/c1-4(2)5-3-7-6(8)9-5/h4-5H,3H2,1-2H3,(H,7,8)/t5-/m1/s1. The minimum atomic E-state index is -0.284. The Morgan fingerprint density at radius 3 is 2.67 bits per heavy atom. The Morgan fingerprint density at radius 2 is 2.44 bits per heavy atom. The van der Waals surface area contributed by atoms with Gasteiger partial charge >= 0.3 is 6.09 Å². The van der Waals surface area contributed by atoms with Gasteiger partial charge in [0.1, 0.15) is 6.10 Å². The molecule has 1 fully saturated rings. The summed E-state index contributed by atoms with van der Waals surface area (Å²) in [6.07, 6.45) is -0.203. The molecule has 0 aliphatic carbocycles. The van der Waals surface area contributed by atoms with Gasteiger partial charge in [0.2, 0.25) is 0 Å². The van der Waals surface area contributed by atoms with Gasteiger partial charge in [-0.25, -0.2) is 4.79 Å². The molecule has 3 nitrogen and oxygen atoms in total. The summed E-state index contributed by atoms with van der Waals surface area (Å²) in [4.78, 5) is 10.4. The monoisotopic (exact) mass is 129 g/mol. The van der Waals surface area contributed by atoms with Crippen molar-refractivity contribution < 1.29 is 9.53 Å². The molecule has 0 saturated carbocycles. The van der Waals surface area contributed by atoms with Crippen LogP contribution in [0.15, 0.2) is 0 Å². The lowest BCUT2D eigenvalue weighted by Gasteiger charge is -2.09. The van der Waals surface area contributed by atoms with Gasteiger partial charge in [0.15, 0.2) is 0 Å². The number of ether oxygens (including phenoxy) is 1. The molecule has 1 aliphatic rings. The largest absolute Gasteiger partial charge is 0.444 e. The quantitative estimate of drug-likeness (QED) is 0.567. The first-order valence-corrected chi connectivity index (χ1v) is 3.14. The fraction of sp³-hybridized carbons (Fsp3) is 0.833. The number of rotatable bonds is 1. The molecule has 1 atom stereocenters. The highest BCUT2D eigenvalue weighted by molar-refractivity contribution is 5.69. The molecule has 3 heteroatoms. The van der Waals surface area contributed by atoms with Crippen molar-refractivity contribution in [1.29, 1.82) is 0 Å². The molecule has 0 radical (unpaired) electrons. The molecule has 1 aliphatic heterocycles. The summed E-state index contributed by atoms with van der Waals surface area (Å²) < 4.78 is 4.87. The van der Waals surface area contributed by atoms with E-state index >= 15 is 0 Å². The van der Waals surface area contributed by atoms with E-state index in [1.165, 1.54) is 0 Å². The maximum Gasteiger partial charge on any atom is 0.407 e. The van der Waals surface area contributed by atoms with Crippen molar-refractivity contribution in [2.75, 3.05) is 6.54 Å². The molecule has 9 heavy (non-hydrogen) atoms. The summed E-state index contributed by atoms with van der Waals surface area (Å²) in [5, 5.41) is 2.59. The van der Waals surface area contributed by atoms with Gasteiger partial charge in [0.05, 0.1) is 6.54 Å². The van der Waals surface area contributed by atoms with Crippen LogP contribution in [0.1, 0.15) is 13.8 Å². The zero-order valence-corrected chi connectivity index (χ0v) is 5.68. The van der Waals surface area contributed by atoms with Gasteiger partial charge in [-0.3, -0.25) is 0 Å². The number of cyclic esters (lactones) is 1. The molecule has 0 aromatic heterocycles. The van der Waals surface area contributed by atoms with E-state index in [0.29, 0.717) is 12.5 Å². The Hall–Kier alpha value is -0.730. The predicted octanol–water partition coefficient (Wildman–Crippen LogP) is 0.751. The van der Waals surface area contributed by atoms with Crippen molar-refractivity contribution in [3.63, 3.8) is 0 Å². The molecule has 1 heterocycles. The minimum absolute atomic E-state index is 0.0810. The molecule has 1 amide bonds. The Labute approximate surface area is 54.4 Å². The number of nitrogens with one attached hydrogen (secondary N) is 1. The Morgan fingerprint density at radius 1 is 1.78 bits per heavy atom. The van der Waals surface area contributed by atoms with E-state index in [9.17, 15) is 4.79 Å². The highest BCUT2D eigenvalue weighted by Crippen LogP contribution is 2.09. The smallest absolute Gasteiger partial charge is 0.407 e. The van der Waals surface area contributed by atoms with Crippen LogP contribution < -0.4 is 5.32 Å². The van der Waals surface area contributed by atoms with Crippen LogP contribution in [0.5, 0.6) is 0 Å². The molecular weight excluding hydrogens is 118 g/mol. The van der Waals surface area contributed by atoms with Crippen LogP contribution in [0.3, 0.4) is 0 Å². The first-order valence-electron chi connectivity index (χ1n) is 3.14. The second-order valence-corrected chi connectivity index (χ2v) is 2.57. The van der Waals surface area contributed by atoms with Crippen LogP contribution in [0, 0.1) is 5.92 Å². The lowest BCUT2D eigenvalue weighted by atomic mass is 10.1. The van der Waals surface area contributed by atoms with E-state index in [2.05, 4.69) is 5.32 Å². The molecular formula is C6H11NO2. The summed E-state index contributed by atoms with van der Waals surface area (Å²) in [6.45, 7) is 4.73. The number of alkyl carbamates (subject to hydrolysis) is 1. The number of hydrogen-bond donors (Lipinski definition) is 1. The fourth-order valence-corrected chi connectivity index (χ4v) is 0.777. The van der Waals surface area contributed by atoms with Crippen LogP contribution in [0.4, 0.5) is 4.79 Å². The second-order valence-electron chi connectivity index (χ2n) is 2.57. The average molecular weight is 129 g/mol. The molecule has 1 N–H and O–H groups in total. The maximum atomic E-state index is 10.4. The topological polar surface area (TPSA) is 38.3 Å². The molecule has 0 aromatic carbocycles. The van der Waals surface area contributed by atoms with Crippen LogP contribution in [0.2, 0.25) is 0 Å². The van der Waals surface area contributed by atoms with Crippen LogP contribution in [0.25, 0.3) is 0 Å². The van der Waals surface area contributed by atoms with Gasteiger partial charge in [-0.2, -0.15) is 0 Å². The van der Waals surface area contributed by atoms with E-state index < -0.39 is 0 Å². The Balaban J connectivity index is 2.39. The number of carbonyl (C=O) groups excluding carboxylic acids is 1. The zero-order chi connectivity index (χ0) is 6.85. The van der Waals surface area contributed by atoms with E-state index in [1.54, 1.807) is 0 Å². The SMILES string of the molecule is CC(C)[C@H]1CNC(=O)O1. The van der Waals surface area contributed by atoms with Gasteiger partial charge in [0, 0.05) is 0 Å². The molecule has 1 saturated heterocycles. The van der Waals surface area contributed by atoms with Gasteiger partial charge in [-0.05, 0) is 5.92 Å². The van der Waals surface area contributed by atoms with Crippen molar-refractivity contribution in [3.8, 4) is 0 Å². The summed E-state index contributed by atoms with van der Waals surface area (Å²) in [6, 6.07) is 0. The second kappa shape index (κ2) is 2.25. The lowest BCUT2D eigenvalue weighted by molar-refractivity contribution is 0.115. The van der Waals surface area contributed by atoms with Crippen LogP contribution in [-0.4, -0.2) is 18.7 Å². The predicted molar refractivity (Wildman–Crippen MR) is 33.1 cm³/mol. The molecule has 0 bridgehead atoms. The van der Waals surface area contributed by atoms with Crippen molar-refractivity contribution in [3.05, 3.63) is 0 Å². The third-order valence-corrected chi connectivity index (χ3v) is 1.45. The lowest BCUT2D eigenvalue weighted by Crippen LogP contribution is -2.19. The molecule has 0 unspecified atom stereocenters. The van der Waals surface area contributed by atoms with E-state index in [1.807, 2.05) is 13.8 Å². The van der Waals surface area contributed by atoms with Crippen molar-refractivity contribution in [2.45, 2.75) is 20.0 Å². The van der Waals surface area contributed by atoms with Crippen molar-refractivity contribution >= 4 is 6.09 Å². The van der Waals surface area contributed by atoms with Crippen LogP contribution >= 0.6 is 0 Å². The molecule has 52 valence electrons. The van der Waals surface area contributed by atoms with E-state index in [0.717, 1.165) is 0 Å². The van der Waals surface area contributed by atoms with Gasteiger partial charge in [-0.1, -0.05) is 13.8 Å². The molecule has 0 spiro atoms. The van der Waals surface area contributed by atoms with Crippen molar-refractivity contribution in [1.82, 2.24) is 5.32 Å². The zero-order valence-electron chi connectivity index (χ0n) is 5.68. The van der Waals surface area contributed by atoms with Crippen LogP contribution in [-0.2, 0) is 4.74 Å². The van der Waals surface area contributed by atoms with Gasteiger partial charge < -0.3 is 10.1 Å². The van der Waals surface area contributed by atoms with E-state index in [4.69, 9.17) is 4.74 Å². The summed E-state index contributed by atoms with van der Waals surface area (Å²) in [5.74, 6) is 0.420. The normalized spacial score (nSPS) is 26.1. The van der Waals surface area contributed by atoms with Gasteiger partial charge in [-0.15, -0.1) is 0 Å². The Bertz CT molecular complexity index is 122. The Kier molecular flexibility index (Phi) is 1.60. The van der Waals surface area contributed by atoms with Gasteiger partial charge in [0.25, 0.3) is 0 Å². The maximum absolute atomic E-state index is 10.4. The molecule has 1 rings (SSSR count). The number of hydrogen-bond acceptors (Lipinski definition) is 2. The highest BCUT2D eigenvalue weighted by Gasteiger charge is 2.24. The third-order valence-electron chi connectivity index (χ3n) is 1.45. The minimum Gasteiger partial charge on any atom is -0.444 e. The first kappa shape index (κ1) is 6.39. The first-order chi connectivity index (χ1) is 4.20. The summed E-state index contributed by atoms with van der Waals surface area (Å²) in [7, 11) is 0. The van der Waals surface area contributed by atoms with E-state index in [-0.39, 0.29) is 12.2 Å². The number of carbonyl (C=O) groups is 1. The van der Waals surface area contributed by atoms with Crippen molar-refractivity contribution in [2.24, 2.45) is 5.92 Å². The molecule has 0 aromatic rings.